The van der Waals surface area contributed by atoms with Gasteiger partial charge in [0, 0.05) is 25.6 Å². The average Bonchev–Trinajstić information content (AvgIpc) is 2.13. The molecule has 0 heterocycles. The fourth-order valence-electron chi connectivity index (χ4n) is 0.986. The van der Waals surface area contributed by atoms with Crippen molar-refractivity contribution in [2.45, 2.75) is 39.7 Å². The molecule has 0 aromatic rings. The summed E-state index contributed by atoms with van der Waals surface area (Å²) < 4.78 is 0. The van der Waals surface area contributed by atoms with Gasteiger partial charge >= 0.3 is 0 Å². The van der Waals surface area contributed by atoms with Crippen molar-refractivity contribution in [1.29, 1.82) is 0 Å². The van der Waals surface area contributed by atoms with E-state index >= 15 is 0 Å². The monoisotopic (exact) mass is 214 g/mol. The number of amides is 1. The highest BCUT2D eigenvalue weighted by Gasteiger charge is 2.02. The van der Waals surface area contributed by atoms with Crippen LogP contribution in [-0.4, -0.2) is 31.0 Å². The van der Waals surface area contributed by atoms with Crippen LogP contribution < -0.4 is 16.4 Å². The van der Waals surface area contributed by atoms with Gasteiger partial charge in [0.15, 0.2) is 5.96 Å². The SMILES string of the molecule is CCCN=C(N)NCCC(=O)NC(C)C. The zero-order chi connectivity index (χ0) is 11.7. The number of guanidine groups is 1. The van der Waals surface area contributed by atoms with Crippen molar-refractivity contribution < 1.29 is 4.79 Å². The third kappa shape index (κ3) is 9.05. The lowest BCUT2D eigenvalue weighted by Crippen LogP contribution is -2.37. The number of carbonyl (C=O) groups excluding carboxylic acids is 1. The van der Waals surface area contributed by atoms with E-state index in [9.17, 15) is 4.79 Å². The molecule has 0 aliphatic heterocycles. The Hall–Kier alpha value is -1.26. The fourth-order valence-corrected chi connectivity index (χ4v) is 0.986. The summed E-state index contributed by atoms with van der Waals surface area (Å²) in [7, 11) is 0. The summed E-state index contributed by atoms with van der Waals surface area (Å²) in [5.41, 5.74) is 5.55. The van der Waals surface area contributed by atoms with E-state index < -0.39 is 0 Å². The van der Waals surface area contributed by atoms with Gasteiger partial charge in [-0.1, -0.05) is 6.92 Å². The van der Waals surface area contributed by atoms with Crippen LogP contribution in [-0.2, 0) is 4.79 Å². The zero-order valence-corrected chi connectivity index (χ0v) is 9.84. The van der Waals surface area contributed by atoms with Gasteiger partial charge in [-0.25, -0.2) is 0 Å². The first kappa shape index (κ1) is 13.7. The lowest BCUT2D eigenvalue weighted by molar-refractivity contribution is -0.121. The van der Waals surface area contributed by atoms with Crippen molar-refractivity contribution in [2.24, 2.45) is 10.7 Å². The van der Waals surface area contributed by atoms with Crippen LogP contribution in [0.2, 0.25) is 0 Å². The van der Waals surface area contributed by atoms with Crippen molar-refractivity contribution in [2.75, 3.05) is 13.1 Å². The number of nitrogens with one attached hydrogen (secondary N) is 2. The maximum absolute atomic E-state index is 11.2. The molecule has 88 valence electrons. The van der Waals surface area contributed by atoms with Gasteiger partial charge in [-0.05, 0) is 20.3 Å². The first-order chi connectivity index (χ1) is 7.06. The number of aliphatic imine (C=N–C) groups is 1. The summed E-state index contributed by atoms with van der Waals surface area (Å²) in [5.74, 6) is 0.440. The van der Waals surface area contributed by atoms with Crippen molar-refractivity contribution in [3.8, 4) is 0 Å². The van der Waals surface area contributed by atoms with Gasteiger partial charge in [-0.15, -0.1) is 0 Å². The van der Waals surface area contributed by atoms with Crippen LogP contribution in [0.5, 0.6) is 0 Å². The molecular weight excluding hydrogens is 192 g/mol. The Morgan fingerprint density at radius 1 is 1.47 bits per heavy atom. The molecule has 5 nitrogen and oxygen atoms in total. The number of nitrogens with two attached hydrogens (primary N) is 1. The molecule has 0 aliphatic carbocycles. The molecule has 0 aromatic carbocycles. The molecule has 0 spiro atoms. The van der Waals surface area contributed by atoms with Gasteiger partial charge in [0.1, 0.15) is 0 Å². The van der Waals surface area contributed by atoms with Gasteiger partial charge in [0.2, 0.25) is 5.91 Å². The molecule has 0 saturated carbocycles. The number of hydrogen-bond donors (Lipinski definition) is 3. The molecule has 0 radical (unpaired) electrons. The maximum Gasteiger partial charge on any atom is 0.221 e. The highest BCUT2D eigenvalue weighted by atomic mass is 16.1. The second-order valence-electron chi connectivity index (χ2n) is 3.67. The van der Waals surface area contributed by atoms with Gasteiger partial charge in [-0.3, -0.25) is 9.79 Å². The molecule has 5 heteroatoms. The van der Waals surface area contributed by atoms with E-state index in [-0.39, 0.29) is 11.9 Å². The van der Waals surface area contributed by atoms with Crippen LogP contribution in [0.4, 0.5) is 0 Å². The van der Waals surface area contributed by atoms with Crippen LogP contribution in [0.25, 0.3) is 0 Å². The summed E-state index contributed by atoms with van der Waals surface area (Å²) in [6.07, 6.45) is 1.39. The fraction of sp³-hybridized carbons (Fsp3) is 0.800. The average molecular weight is 214 g/mol. The third-order valence-corrected chi connectivity index (χ3v) is 1.61. The molecule has 0 aromatic heterocycles. The minimum Gasteiger partial charge on any atom is -0.370 e. The lowest BCUT2D eigenvalue weighted by atomic mass is 10.3. The zero-order valence-electron chi connectivity index (χ0n) is 9.84. The van der Waals surface area contributed by atoms with Gasteiger partial charge in [0.05, 0.1) is 0 Å². The Morgan fingerprint density at radius 2 is 2.13 bits per heavy atom. The quantitative estimate of drug-likeness (QED) is 0.437. The Labute approximate surface area is 91.5 Å². The normalized spacial score (nSPS) is 11.6. The highest BCUT2D eigenvalue weighted by molar-refractivity contribution is 5.80. The van der Waals surface area contributed by atoms with Gasteiger partial charge in [-0.2, -0.15) is 0 Å². The smallest absolute Gasteiger partial charge is 0.221 e. The Kier molecular flexibility index (Phi) is 7.40. The van der Waals surface area contributed by atoms with Crippen molar-refractivity contribution in [3.63, 3.8) is 0 Å². The summed E-state index contributed by atoms with van der Waals surface area (Å²) in [6.45, 7) is 7.15. The van der Waals surface area contributed by atoms with Crippen molar-refractivity contribution in [3.05, 3.63) is 0 Å². The molecule has 0 bridgehead atoms. The van der Waals surface area contributed by atoms with Crippen molar-refractivity contribution >= 4 is 11.9 Å². The summed E-state index contributed by atoms with van der Waals surface area (Å²) >= 11 is 0. The van der Waals surface area contributed by atoms with E-state index in [4.69, 9.17) is 5.73 Å². The van der Waals surface area contributed by atoms with Crippen molar-refractivity contribution in [1.82, 2.24) is 10.6 Å². The lowest BCUT2D eigenvalue weighted by Gasteiger charge is -2.09. The minimum atomic E-state index is 0.0285. The number of nitrogens with zero attached hydrogens (tertiary/aromatic N) is 1. The Morgan fingerprint density at radius 3 is 2.67 bits per heavy atom. The van der Waals surface area contributed by atoms with Crippen LogP contribution in [0.1, 0.15) is 33.6 Å². The second-order valence-corrected chi connectivity index (χ2v) is 3.67. The molecular formula is C10H22N4O. The number of carbonyl (C=O) groups is 1. The Balaban J connectivity index is 3.56. The van der Waals surface area contributed by atoms with E-state index in [0.717, 1.165) is 13.0 Å². The molecule has 1 amide bonds. The number of hydrogen-bond acceptors (Lipinski definition) is 2. The minimum absolute atomic E-state index is 0.0285. The summed E-state index contributed by atoms with van der Waals surface area (Å²) in [5, 5.41) is 5.69. The van der Waals surface area contributed by atoms with Gasteiger partial charge in [0.25, 0.3) is 0 Å². The molecule has 0 unspecified atom stereocenters. The van der Waals surface area contributed by atoms with E-state index in [2.05, 4.69) is 15.6 Å². The first-order valence-corrected chi connectivity index (χ1v) is 5.39. The topological polar surface area (TPSA) is 79.5 Å². The highest BCUT2D eigenvalue weighted by Crippen LogP contribution is 1.82. The van der Waals surface area contributed by atoms with Crippen LogP contribution in [0, 0.1) is 0 Å². The molecule has 4 N–H and O–H groups in total. The maximum atomic E-state index is 11.2. The molecule has 0 fully saturated rings. The van der Waals surface area contributed by atoms with E-state index in [1.165, 1.54) is 0 Å². The van der Waals surface area contributed by atoms with Crippen LogP contribution in [0.3, 0.4) is 0 Å². The predicted octanol–water partition coefficient (Wildman–Crippen LogP) is 0.215. The summed E-state index contributed by atoms with van der Waals surface area (Å²) in [6, 6.07) is 0.184. The standard InChI is InChI=1S/C10H22N4O/c1-4-6-12-10(11)13-7-5-9(15)14-8(2)3/h8H,4-7H2,1-3H3,(H,14,15)(H3,11,12,13). The first-order valence-electron chi connectivity index (χ1n) is 5.39. The van der Waals surface area contributed by atoms with Crippen LogP contribution >= 0.6 is 0 Å². The Bertz CT molecular complexity index is 213. The second kappa shape index (κ2) is 8.08. The third-order valence-electron chi connectivity index (χ3n) is 1.61. The van der Waals surface area contributed by atoms with E-state index in [0.29, 0.717) is 18.9 Å². The molecule has 15 heavy (non-hydrogen) atoms. The molecule has 0 rings (SSSR count). The predicted molar refractivity (Wildman–Crippen MR) is 62.7 cm³/mol. The largest absolute Gasteiger partial charge is 0.370 e. The van der Waals surface area contributed by atoms with Gasteiger partial charge < -0.3 is 16.4 Å². The van der Waals surface area contributed by atoms with E-state index in [1.807, 2.05) is 20.8 Å². The van der Waals surface area contributed by atoms with Crippen LogP contribution in [0.15, 0.2) is 4.99 Å². The van der Waals surface area contributed by atoms with E-state index in [1.54, 1.807) is 0 Å². The summed E-state index contributed by atoms with van der Waals surface area (Å²) in [4.78, 5) is 15.3. The molecule has 0 aliphatic rings. The molecule has 0 atom stereocenters. The number of rotatable bonds is 6. The molecule has 0 saturated heterocycles.